The normalized spacial score (nSPS) is 10.6. The molecule has 0 radical (unpaired) electrons. The van der Waals surface area contributed by atoms with Crippen LogP contribution in [0.25, 0.3) is 11.0 Å². The number of anilines is 3. The van der Waals surface area contributed by atoms with E-state index in [4.69, 9.17) is 26.8 Å². The quantitative estimate of drug-likeness (QED) is 0.0796. The number of hydrogen-bond acceptors (Lipinski definition) is 10. The number of fused-ring (bicyclic) bond motifs is 1. The molecule has 0 atom stereocenters. The largest absolute Gasteiger partial charge is 0.466 e. The zero-order valence-corrected chi connectivity index (χ0v) is 31.1. The molecule has 2 aromatic carbocycles. The molecule has 0 spiro atoms. The molecule has 53 heavy (non-hydrogen) atoms. The molecule has 0 saturated heterocycles. The van der Waals surface area contributed by atoms with Gasteiger partial charge < -0.3 is 19.8 Å². The van der Waals surface area contributed by atoms with E-state index >= 15 is 0 Å². The minimum Gasteiger partial charge on any atom is -0.466 e. The topological polar surface area (TPSA) is 163 Å². The molecule has 0 fully saturated rings. The Morgan fingerprint density at radius 1 is 0.755 bits per heavy atom. The van der Waals surface area contributed by atoms with Gasteiger partial charge in [0.1, 0.15) is 17.5 Å². The average Bonchev–Trinajstić information content (AvgIpc) is 3.50. The fourth-order valence-electron chi connectivity index (χ4n) is 5.40. The maximum atomic E-state index is 13.2. The maximum absolute atomic E-state index is 13.2. The summed E-state index contributed by atoms with van der Waals surface area (Å²) in [4.78, 5) is 65.5. The fourth-order valence-corrected chi connectivity index (χ4v) is 5.64. The van der Waals surface area contributed by atoms with Gasteiger partial charge in [-0.1, -0.05) is 25.1 Å². The molecule has 5 aromatic rings. The lowest BCUT2D eigenvalue weighted by Crippen LogP contribution is -2.34. The van der Waals surface area contributed by atoms with Crippen molar-refractivity contribution in [3.8, 4) is 0 Å². The summed E-state index contributed by atoms with van der Waals surface area (Å²) in [6, 6.07) is 21.2. The third kappa shape index (κ3) is 10.6. The lowest BCUT2D eigenvalue weighted by Gasteiger charge is -2.22. The van der Waals surface area contributed by atoms with Crippen LogP contribution in [0.5, 0.6) is 0 Å². The summed E-state index contributed by atoms with van der Waals surface area (Å²) >= 11 is 5.92. The molecule has 0 bridgehead atoms. The minimum atomic E-state index is -0.358. The van der Waals surface area contributed by atoms with Gasteiger partial charge in [-0.3, -0.25) is 29.0 Å². The van der Waals surface area contributed by atoms with Crippen LogP contribution in [-0.2, 0) is 38.4 Å². The van der Waals surface area contributed by atoms with Crippen LogP contribution in [0.4, 0.5) is 17.3 Å². The summed E-state index contributed by atoms with van der Waals surface area (Å²) in [5.74, 6) is 0.744. The number of pyridine rings is 2. The number of esters is 2. The molecule has 13 nitrogen and oxygen atoms in total. The highest BCUT2D eigenvalue weighted by molar-refractivity contribution is 6.17. The number of aromatic nitrogens is 4. The molecular formula is C39H44ClN7O6. The number of halogens is 1. The minimum absolute atomic E-state index is 0.0817. The van der Waals surface area contributed by atoms with Crippen molar-refractivity contribution >= 4 is 63.7 Å². The number of ether oxygens (including phenoxy) is 2. The molecular weight excluding hydrogens is 698 g/mol. The van der Waals surface area contributed by atoms with Crippen molar-refractivity contribution < 1.29 is 28.7 Å². The number of alkyl halides is 1. The fraction of sp³-hybridized carbons (Fsp3) is 0.308. The Bertz CT molecular complexity index is 2010. The number of nitrogens with zero attached hydrogens (tertiary/aromatic N) is 6. The van der Waals surface area contributed by atoms with Gasteiger partial charge in [0.15, 0.2) is 0 Å². The van der Waals surface area contributed by atoms with Crippen molar-refractivity contribution in [2.45, 2.75) is 45.9 Å². The van der Waals surface area contributed by atoms with E-state index in [0.29, 0.717) is 47.2 Å². The molecule has 0 saturated carbocycles. The van der Waals surface area contributed by atoms with Gasteiger partial charge in [-0.05, 0) is 80.4 Å². The van der Waals surface area contributed by atoms with Crippen LogP contribution in [0.2, 0.25) is 0 Å². The predicted molar refractivity (Wildman–Crippen MR) is 205 cm³/mol. The molecule has 3 heterocycles. The van der Waals surface area contributed by atoms with Gasteiger partial charge in [0.25, 0.3) is 11.8 Å². The average molecular weight is 742 g/mol. The van der Waals surface area contributed by atoms with Gasteiger partial charge in [0.05, 0.1) is 43.0 Å². The third-order valence-electron chi connectivity index (χ3n) is 8.15. The van der Waals surface area contributed by atoms with Crippen LogP contribution in [0.1, 0.15) is 65.7 Å². The second kappa shape index (κ2) is 19.7. The van der Waals surface area contributed by atoms with E-state index in [2.05, 4.69) is 15.0 Å². The zero-order chi connectivity index (χ0) is 38.3. The Balaban J connectivity index is 0.000000238. The summed E-state index contributed by atoms with van der Waals surface area (Å²) in [6.07, 6.45) is 4.19. The van der Waals surface area contributed by atoms with Crippen molar-refractivity contribution in [3.05, 3.63) is 108 Å². The summed E-state index contributed by atoms with van der Waals surface area (Å²) < 4.78 is 11.8. The van der Waals surface area contributed by atoms with Crippen LogP contribution < -0.4 is 15.5 Å². The highest BCUT2D eigenvalue weighted by atomic mass is 35.5. The van der Waals surface area contributed by atoms with Gasteiger partial charge >= 0.3 is 11.9 Å². The number of rotatable bonds is 14. The van der Waals surface area contributed by atoms with Gasteiger partial charge in [-0.15, -0.1) is 11.6 Å². The predicted octanol–water partition coefficient (Wildman–Crippen LogP) is 6.13. The van der Waals surface area contributed by atoms with Gasteiger partial charge in [-0.25, -0.2) is 15.0 Å². The highest BCUT2D eigenvalue weighted by Gasteiger charge is 2.22. The van der Waals surface area contributed by atoms with Crippen LogP contribution in [-0.4, -0.2) is 69.6 Å². The number of hydrogen-bond donors (Lipinski definition) is 1. The molecule has 5 rings (SSSR count). The second-order valence-corrected chi connectivity index (χ2v) is 11.9. The molecule has 2 amide bonds. The first kappa shape index (κ1) is 40.0. The monoisotopic (exact) mass is 741 g/mol. The number of aryl methyl sites for hydroxylation is 2. The molecule has 3 aromatic heterocycles. The number of carbonyl (C=O) groups excluding carboxylic acids is 4. The first-order valence-electron chi connectivity index (χ1n) is 17.3. The Morgan fingerprint density at radius 2 is 1.28 bits per heavy atom. The van der Waals surface area contributed by atoms with Crippen molar-refractivity contribution in [2.75, 3.05) is 41.8 Å². The van der Waals surface area contributed by atoms with E-state index in [9.17, 15) is 19.2 Å². The van der Waals surface area contributed by atoms with E-state index in [1.807, 2.05) is 30.7 Å². The van der Waals surface area contributed by atoms with Gasteiger partial charge in [0, 0.05) is 49.3 Å². The highest BCUT2D eigenvalue weighted by Crippen LogP contribution is 2.22. The number of carbonyl (C=O) groups is 4. The molecule has 14 heteroatoms. The maximum Gasteiger partial charge on any atom is 0.307 e. The number of nitrogens with two attached hydrogens (primary N) is 1. The molecule has 278 valence electrons. The third-order valence-corrected chi connectivity index (χ3v) is 8.38. The lowest BCUT2D eigenvalue weighted by atomic mass is 10.1. The number of nitrogen functional groups attached to an aromatic ring is 1. The summed E-state index contributed by atoms with van der Waals surface area (Å²) in [6.45, 7) is 6.47. The van der Waals surface area contributed by atoms with E-state index in [0.717, 1.165) is 23.3 Å². The SMILES string of the molecule is CCOC(=O)CCN(C(=O)c1ccc(CC)c(N)c1)c1ccccn1.CCOC(=O)CCN(C(=O)c1ccc2c(c1)nc(CCl)n2C)c1ccccn1. The van der Waals surface area contributed by atoms with Crippen LogP contribution in [0, 0.1) is 0 Å². The summed E-state index contributed by atoms with van der Waals surface area (Å²) in [7, 11) is 1.88. The van der Waals surface area contributed by atoms with Gasteiger partial charge in [0.2, 0.25) is 0 Å². The lowest BCUT2D eigenvalue weighted by molar-refractivity contribution is -0.143. The van der Waals surface area contributed by atoms with E-state index < -0.39 is 0 Å². The molecule has 0 aliphatic rings. The Morgan fingerprint density at radius 3 is 1.74 bits per heavy atom. The van der Waals surface area contributed by atoms with Crippen molar-refractivity contribution in [1.82, 2.24) is 19.5 Å². The first-order valence-corrected chi connectivity index (χ1v) is 17.8. The Hall–Kier alpha value is -5.82. The second-order valence-electron chi connectivity index (χ2n) is 11.6. The van der Waals surface area contributed by atoms with E-state index in [-0.39, 0.29) is 55.6 Å². The summed E-state index contributed by atoms with van der Waals surface area (Å²) in [5.41, 5.74) is 10.1. The molecule has 2 N–H and O–H groups in total. The Kier molecular flexibility index (Phi) is 14.8. The molecule has 0 unspecified atom stereocenters. The number of amides is 2. The molecule has 0 aliphatic carbocycles. The number of imidazole rings is 1. The smallest absolute Gasteiger partial charge is 0.307 e. The van der Waals surface area contributed by atoms with E-state index in [1.165, 1.54) is 9.80 Å². The number of benzene rings is 2. The van der Waals surface area contributed by atoms with Crippen molar-refractivity contribution in [1.29, 1.82) is 0 Å². The van der Waals surface area contributed by atoms with Gasteiger partial charge in [-0.2, -0.15) is 0 Å². The summed E-state index contributed by atoms with van der Waals surface area (Å²) in [5, 5.41) is 0. The molecule has 0 aliphatic heterocycles. The zero-order valence-electron chi connectivity index (χ0n) is 30.3. The van der Waals surface area contributed by atoms with E-state index in [1.54, 1.807) is 86.9 Å². The van der Waals surface area contributed by atoms with Crippen LogP contribution >= 0.6 is 11.6 Å². The van der Waals surface area contributed by atoms with Crippen molar-refractivity contribution in [2.24, 2.45) is 7.05 Å². The van der Waals surface area contributed by atoms with Crippen LogP contribution in [0.3, 0.4) is 0 Å². The van der Waals surface area contributed by atoms with Crippen LogP contribution in [0.15, 0.2) is 85.2 Å². The van der Waals surface area contributed by atoms with Crippen molar-refractivity contribution in [3.63, 3.8) is 0 Å². The first-order chi connectivity index (χ1) is 25.6. The standard InChI is InChI=1S/C20H21ClN4O3.C19H23N3O3/c1-3-28-19(26)9-11-25(17-6-4-5-10-22-17)20(27)14-7-8-16-15(12-14)23-18(13-21)24(16)2;1-3-14-8-9-15(13-16(14)20)19(24)22(12-10-18(23)25-4-2)17-7-5-6-11-21-17/h4-8,10,12H,3,9,11,13H2,1-2H3;5-9,11,13H,3-4,10,12,20H2,1-2H3. The Labute approximate surface area is 313 Å².